The monoisotopic (exact) mass is 338 g/mol. The van der Waals surface area contributed by atoms with Gasteiger partial charge in [0, 0.05) is 11.7 Å². The highest BCUT2D eigenvalue weighted by atomic mass is 16.5. The van der Waals surface area contributed by atoms with Gasteiger partial charge in [-0.2, -0.15) is 0 Å². The van der Waals surface area contributed by atoms with Crippen LogP contribution in [0.25, 0.3) is 0 Å². The van der Waals surface area contributed by atoms with E-state index < -0.39 is 0 Å². The van der Waals surface area contributed by atoms with Crippen molar-refractivity contribution >= 4 is 11.7 Å². The van der Waals surface area contributed by atoms with E-state index in [1.807, 2.05) is 31.2 Å². The highest BCUT2D eigenvalue weighted by Crippen LogP contribution is 2.16. The van der Waals surface area contributed by atoms with E-state index >= 15 is 0 Å². The number of anilines is 1. The van der Waals surface area contributed by atoms with Gasteiger partial charge >= 0.3 is 6.03 Å². The Balaban J connectivity index is 1.83. The van der Waals surface area contributed by atoms with Crippen LogP contribution in [0.1, 0.15) is 12.5 Å². The van der Waals surface area contributed by atoms with Crippen LogP contribution in [-0.4, -0.2) is 25.8 Å². The summed E-state index contributed by atoms with van der Waals surface area (Å²) in [5.74, 6) is 3.87. The van der Waals surface area contributed by atoms with Gasteiger partial charge in [0.05, 0.1) is 7.11 Å². The van der Waals surface area contributed by atoms with E-state index in [0.717, 1.165) is 11.3 Å². The molecule has 25 heavy (non-hydrogen) atoms. The van der Waals surface area contributed by atoms with E-state index in [2.05, 4.69) is 16.6 Å². The molecule has 5 nitrogen and oxygen atoms in total. The molecule has 2 aromatic carbocycles. The van der Waals surface area contributed by atoms with Gasteiger partial charge < -0.3 is 20.1 Å². The number of hydrogen-bond donors (Lipinski definition) is 2. The molecule has 5 heteroatoms. The number of carbonyl (C=O) groups is 1. The van der Waals surface area contributed by atoms with Crippen molar-refractivity contribution in [2.24, 2.45) is 0 Å². The Hall–Kier alpha value is -3.13. The van der Waals surface area contributed by atoms with Crippen molar-refractivity contribution < 1.29 is 14.3 Å². The maximum absolute atomic E-state index is 12.1. The third-order valence-electron chi connectivity index (χ3n) is 3.49. The molecule has 130 valence electrons. The number of rotatable bonds is 7. The first kappa shape index (κ1) is 18.2. The summed E-state index contributed by atoms with van der Waals surface area (Å²) < 4.78 is 10.5. The average Bonchev–Trinajstić information content (AvgIpc) is 2.61. The molecule has 0 spiro atoms. The smallest absolute Gasteiger partial charge is 0.319 e. The lowest BCUT2D eigenvalue weighted by atomic mass is 10.1. The molecular formula is C20H22N2O3. The van der Waals surface area contributed by atoms with Gasteiger partial charge in [-0.15, -0.1) is 6.42 Å². The molecule has 2 N–H and O–H groups in total. The molecule has 0 saturated heterocycles. The number of nitrogens with one attached hydrogen (secondary N) is 2. The molecule has 0 aliphatic rings. The van der Waals surface area contributed by atoms with E-state index in [9.17, 15) is 4.79 Å². The van der Waals surface area contributed by atoms with Crippen molar-refractivity contribution in [1.29, 1.82) is 0 Å². The van der Waals surface area contributed by atoms with Crippen LogP contribution in [0.3, 0.4) is 0 Å². The Bertz CT molecular complexity index is 735. The summed E-state index contributed by atoms with van der Waals surface area (Å²) in [7, 11) is 1.64. The van der Waals surface area contributed by atoms with Crippen LogP contribution < -0.4 is 20.1 Å². The normalized spacial score (nSPS) is 11.1. The summed E-state index contributed by atoms with van der Waals surface area (Å²) in [4.78, 5) is 12.1. The Morgan fingerprint density at radius 1 is 1.20 bits per heavy atom. The van der Waals surface area contributed by atoms with Crippen LogP contribution in [-0.2, 0) is 6.42 Å². The quantitative estimate of drug-likeness (QED) is 0.760. The number of amides is 2. The van der Waals surface area contributed by atoms with Gasteiger partial charge in [0.25, 0.3) is 0 Å². The van der Waals surface area contributed by atoms with Gasteiger partial charge in [0.2, 0.25) is 0 Å². The van der Waals surface area contributed by atoms with Crippen LogP contribution in [0, 0.1) is 12.3 Å². The number of terminal acetylenes is 1. The highest BCUT2D eigenvalue weighted by molar-refractivity contribution is 5.89. The number of urea groups is 1. The molecule has 0 aromatic heterocycles. The third-order valence-corrected chi connectivity index (χ3v) is 3.49. The molecule has 2 aromatic rings. The Labute approximate surface area is 148 Å². The lowest BCUT2D eigenvalue weighted by Gasteiger charge is -2.15. The van der Waals surface area contributed by atoms with Crippen molar-refractivity contribution in [3.63, 3.8) is 0 Å². The van der Waals surface area contributed by atoms with Crippen molar-refractivity contribution in [3.8, 4) is 23.8 Å². The first-order valence-electron chi connectivity index (χ1n) is 7.97. The van der Waals surface area contributed by atoms with Crippen molar-refractivity contribution in [2.45, 2.75) is 19.4 Å². The molecule has 1 unspecified atom stereocenters. The van der Waals surface area contributed by atoms with Gasteiger partial charge in [-0.3, -0.25) is 0 Å². The number of hydrogen-bond acceptors (Lipinski definition) is 3. The number of carbonyl (C=O) groups excluding carboxylic acids is 1. The first-order chi connectivity index (χ1) is 12.1. The molecule has 2 rings (SSSR count). The first-order valence-corrected chi connectivity index (χ1v) is 7.97. The van der Waals surface area contributed by atoms with E-state index in [0.29, 0.717) is 17.9 Å². The molecule has 0 saturated carbocycles. The molecule has 0 heterocycles. The Morgan fingerprint density at radius 3 is 2.64 bits per heavy atom. The Morgan fingerprint density at radius 2 is 1.96 bits per heavy atom. The summed E-state index contributed by atoms with van der Waals surface area (Å²) in [5, 5.41) is 5.71. The highest BCUT2D eigenvalue weighted by Gasteiger charge is 2.09. The second kappa shape index (κ2) is 9.24. The van der Waals surface area contributed by atoms with Crippen LogP contribution in [0.5, 0.6) is 11.5 Å². The predicted octanol–water partition coefficient (Wildman–Crippen LogP) is 3.46. The zero-order valence-corrected chi connectivity index (χ0v) is 14.4. The van der Waals surface area contributed by atoms with Crippen molar-refractivity contribution in [1.82, 2.24) is 5.32 Å². The zero-order valence-electron chi connectivity index (χ0n) is 14.4. The van der Waals surface area contributed by atoms with E-state index in [1.54, 1.807) is 31.4 Å². The third kappa shape index (κ3) is 6.11. The number of methoxy groups -OCH3 is 1. The fraction of sp³-hybridized carbons (Fsp3) is 0.250. The molecule has 0 radical (unpaired) electrons. The van der Waals surface area contributed by atoms with E-state index in [-0.39, 0.29) is 18.7 Å². The lowest BCUT2D eigenvalue weighted by molar-refractivity contribution is 0.249. The largest absolute Gasteiger partial charge is 0.497 e. The second-order valence-electron chi connectivity index (χ2n) is 5.57. The number of benzene rings is 2. The zero-order chi connectivity index (χ0) is 18.1. The van der Waals surface area contributed by atoms with Gasteiger partial charge in [0.15, 0.2) is 0 Å². The minimum Gasteiger partial charge on any atom is -0.497 e. The van der Waals surface area contributed by atoms with Gasteiger partial charge in [-0.05, 0) is 55.3 Å². The minimum absolute atomic E-state index is 0.0228. The SMILES string of the molecule is C#CCOc1ccc(NC(=O)NC(C)Cc2cccc(OC)c2)cc1. The van der Waals surface area contributed by atoms with E-state index in [4.69, 9.17) is 15.9 Å². The van der Waals surface area contributed by atoms with Gasteiger partial charge in [-0.25, -0.2) is 4.79 Å². The minimum atomic E-state index is -0.257. The summed E-state index contributed by atoms with van der Waals surface area (Å²) in [6, 6.07) is 14.6. The summed E-state index contributed by atoms with van der Waals surface area (Å²) in [6.45, 7) is 2.17. The lowest BCUT2D eigenvalue weighted by Crippen LogP contribution is -2.37. The van der Waals surface area contributed by atoms with Crippen LogP contribution in [0.15, 0.2) is 48.5 Å². The number of ether oxygens (including phenoxy) is 2. The van der Waals surface area contributed by atoms with Gasteiger partial charge in [-0.1, -0.05) is 18.1 Å². The molecule has 0 aliphatic carbocycles. The van der Waals surface area contributed by atoms with Crippen molar-refractivity contribution in [2.75, 3.05) is 19.0 Å². The molecular weight excluding hydrogens is 316 g/mol. The molecule has 1 atom stereocenters. The van der Waals surface area contributed by atoms with E-state index in [1.165, 1.54) is 0 Å². The standard InChI is InChI=1S/C20H22N2O3/c1-4-12-25-18-10-8-17(9-11-18)22-20(23)21-15(2)13-16-6-5-7-19(14-16)24-3/h1,5-11,14-15H,12-13H2,2-3H3,(H2,21,22,23). The van der Waals surface area contributed by atoms with Crippen molar-refractivity contribution in [3.05, 3.63) is 54.1 Å². The summed E-state index contributed by atoms with van der Waals surface area (Å²) in [6.07, 6.45) is 5.85. The average molecular weight is 338 g/mol. The predicted molar refractivity (Wildman–Crippen MR) is 99.1 cm³/mol. The molecule has 2 amide bonds. The maximum atomic E-state index is 12.1. The molecule has 0 bridgehead atoms. The van der Waals surface area contributed by atoms with Crippen LogP contribution >= 0.6 is 0 Å². The maximum Gasteiger partial charge on any atom is 0.319 e. The summed E-state index contributed by atoms with van der Waals surface area (Å²) in [5.41, 5.74) is 1.78. The van der Waals surface area contributed by atoms with Crippen LogP contribution in [0.4, 0.5) is 10.5 Å². The fourth-order valence-corrected chi connectivity index (χ4v) is 2.35. The summed E-state index contributed by atoms with van der Waals surface area (Å²) >= 11 is 0. The second-order valence-corrected chi connectivity index (χ2v) is 5.57. The van der Waals surface area contributed by atoms with Gasteiger partial charge in [0.1, 0.15) is 18.1 Å². The van der Waals surface area contributed by atoms with Crippen LogP contribution in [0.2, 0.25) is 0 Å². The molecule has 0 aliphatic heterocycles. The fourth-order valence-electron chi connectivity index (χ4n) is 2.35. The molecule has 0 fully saturated rings. The Kier molecular flexibility index (Phi) is 6.73. The topological polar surface area (TPSA) is 59.6 Å².